The van der Waals surface area contributed by atoms with Gasteiger partial charge in [0.25, 0.3) is 0 Å². The molecular formula is C17H13ClN3OS-. The van der Waals surface area contributed by atoms with Crippen LogP contribution in [-0.2, 0) is 6.54 Å². The number of halogens is 1. The Labute approximate surface area is 143 Å². The lowest BCUT2D eigenvalue weighted by atomic mass is 10.2. The third kappa shape index (κ3) is 3.36. The summed E-state index contributed by atoms with van der Waals surface area (Å²) in [6.07, 6.45) is 1.71. The maximum Gasteiger partial charge on any atom is 0.228 e. The molecule has 0 bridgehead atoms. The van der Waals surface area contributed by atoms with Crippen molar-refractivity contribution in [2.45, 2.75) is 6.54 Å². The molecule has 0 saturated heterocycles. The van der Waals surface area contributed by atoms with Crippen molar-refractivity contribution in [2.24, 2.45) is 0 Å². The lowest BCUT2D eigenvalue weighted by Crippen LogP contribution is -3.00. The lowest BCUT2D eigenvalue weighted by molar-refractivity contribution is -0.00000489. The number of anilines is 1. The number of thiophene rings is 1. The van der Waals surface area contributed by atoms with Gasteiger partial charge in [-0.2, -0.15) is 4.98 Å². The van der Waals surface area contributed by atoms with E-state index >= 15 is 0 Å². The van der Waals surface area contributed by atoms with Crippen molar-refractivity contribution >= 4 is 28.3 Å². The molecular weight excluding hydrogens is 330 g/mol. The van der Waals surface area contributed by atoms with Crippen molar-refractivity contribution in [3.8, 4) is 11.5 Å². The van der Waals surface area contributed by atoms with E-state index in [1.165, 1.54) is 4.88 Å². The van der Waals surface area contributed by atoms with Crippen molar-refractivity contribution in [3.63, 3.8) is 0 Å². The molecule has 0 amide bonds. The fourth-order valence-electron chi connectivity index (χ4n) is 2.23. The average molecular weight is 343 g/mol. The summed E-state index contributed by atoms with van der Waals surface area (Å²) in [5.74, 6) is 0.596. The van der Waals surface area contributed by atoms with E-state index < -0.39 is 0 Å². The zero-order valence-electron chi connectivity index (χ0n) is 12.1. The van der Waals surface area contributed by atoms with Crippen molar-refractivity contribution in [1.82, 2.24) is 9.97 Å². The van der Waals surface area contributed by atoms with E-state index in [1.54, 1.807) is 17.5 Å². The maximum absolute atomic E-state index is 5.72. The number of aromatic nitrogens is 2. The first-order valence-corrected chi connectivity index (χ1v) is 7.85. The summed E-state index contributed by atoms with van der Waals surface area (Å²) in [4.78, 5) is 9.90. The van der Waals surface area contributed by atoms with Crippen molar-refractivity contribution < 1.29 is 16.8 Å². The lowest BCUT2D eigenvalue weighted by Gasteiger charge is -2.05. The smallest absolute Gasteiger partial charge is 0.228 e. The summed E-state index contributed by atoms with van der Waals surface area (Å²) in [6, 6.07) is 16.0. The van der Waals surface area contributed by atoms with Crippen LogP contribution in [-0.4, -0.2) is 9.97 Å². The summed E-state index contributed by atoms with van der Waals surface area (Å²) >= 11 is 1.75. The highest BCUT2D eigenvalue weighted by molar-refractivity contribution is 7.09. The molecule has 1 N–H and O–H groups in total. The second kappa shape index (κ2) is 6.81. The molecule has 0 spiro atoms. The Kier molecular flexibility index (Phi) is 4.60. The van der Waals surface area contributed by atoms with Crippen LogP contribution in [0.2, 0.25) is 0 Å². The number of hydrogen-bond acceptors (Lipinski definition) is 5. The van der Waals surface area contributed by atoms with Gasteiger partial charge in [-0.3, -0.25) is 0 Å². The van der Waals surface area contributed by atoms with Crippen LogP contribution in [0.1, 0.15) is 4.88 Å². The van der Waals surface area contributed by atoms with E-state index in [9.17, 15) is 0 Å². The van der Waals surface area contributed by atoms with Crippen molar-refractivity contribution in [1.29, 1.82) is 0 Å². The van der Waals surface area contributed by atoms with E-state index in [0.29, 0.717) is 17.1 Å². The minimum Gasteiger partial charge on any atom is -1.00 e. The van der Waals surface area contributed by atoms with Crippen LogP contribution in [0.25, 0.3) is 22.7 Å². The van der Waals surface area contributed by atoms with Crippen LogP contribution in [0.4, 0.5) is 5.69 Å². The van der Waals surface area contributed by atoms with Gasteiger partial charge in [-0.25, -0.2) is 4.98 Å². The standard InChI is InChI=1S/C17H13N3OS.ClH/c1-4-15-16(18-9-1)20-17(21-15)12-5-7-13(8-6-12)19-11-14-3-2-10-22-14;/h1-10,19H,11H2;1H/p-1. The van der Waals surface area contributed by atoms with Gasteiger partial charge in [-0.1, -0.05) is 6.07 Å². The second-order valence-corrected chi connectivity index (χ2v) is 5.89. The first-order valence-electron chi connectivity index (χ1n) is 6.97. The zero-order chi connectivity index (χ0) is 14.8. The van der Waals surface area contributed by atoms with E-state index in [1.807, 2.05) is 36.4 Å². The molecule has 1 aromatic carbocycles. The molecule has 0 unspecified atom stereocenters. The third-order valence-electron chi connectivity index (χ3n) is 3.34. The Morgan fingerprint density at radius 3 is 2.65 bits per heavy atom. The molecule has 0 aliphatic carbocycles. The summed E-state index contributed by atoms with van der Waals surface area (Å²) < 4.78 is 5.72. The number of hydrogen-bond donors (Lipinski definition) is 1. The second-order valence-electron chi connectivity index (χ2n) is 4.85. The Bertz CT molecular complexity index is 855. The van der Waals surface area contributed by atoms with Crippen LogP contribution < -0.4 is 17.7 Å². The number of benzene rings is 1. The fourth-order valence-corrected chi connectivity index (χ4v) is 2.87. The molecule has 116 valence electrons. The van der Waals surface area contributed by atoms with E-state index in [0.717, 1.165) is 17.8 Å². The monoisotopic (exact) mass is 342 g/mol. The van der Waals surface area contributed by atoms with Gasteiger partial charge in [0.1, 0.15) is 0 Å². The summed E-state index contributed by atoms with van der Waals surface area (Å²) in [6.45, 7) is 0.837. The van der Waals surface area contributed by atoms with Crippen molar-refractivity contribution in [2.75, 3.05) is 5.32 Å². The van der Waals surface area contributed by atoms with Gasteiger partial charge in [-0.05, 0) is 47.8 Å². The zero-order valence-corrected chi connectivity index (χ0v) is 13.6. The first-order chi connectivity index (χ1) is 10.9. The minimum atomic E-state index is 0. The molecule has 0 saturated carbocycles. The van der Waals surface area contributed by atoms with E-state index in [-0.39, 0.29) is 12.4 Å². The fraction of sp³-hybridized carbons (Fsp3) is 0.0588. The largest absolute Gasteiger partial charge is 1.00 e. The summed E-state index contributed by atoms with van der Waals surface area (Å²) in [7, 11) is 0. The number of rotatable bonds is 4. The molecule has 0 aliphatic heterocycles. The number of nitrogens with one attached hydrogen (secondary N) is 1. The molecule has 0 atom stereocenters. The van der Waals surface area contributed by atoms with Crippen molar-refractivity contribution in [3.05, 3.63) is 65.0 Å². The van der Waals surface area contributed by atoms with Gasteiger partial charge in [0.15, 0.2) is 11.2 Å². The van der Waals surface area contributed by atoms with Gasteiger partial charge >= 0.3 is 0 Å². The van der Waals surface area contributed by atoms with Gasteiger partial charge in [0.2, 0.25) is 5.89 Å². The summed E-state index contributed by atoms with van der Waals surface area (Å²) in [5.41, 5.74) is 3.36. The Hall–Kier alpha value is -2.37. The molecule has 3 heterocycles. The molecule has 3 aromatic heterocycles. The normalized spacial score (nSPS) is 10.4. The van der Waals surface area contributed by atoms with Crippen LogP contribution in [0, 0.1) is 0 Å². The molecule has 4 nitrogen and oxygen atoms in total. The SMILES string of the molecule is [Cl-].c1csc(CNc2ccc(-c3nc4ncccc4o3)cc2)c1. The Morgan fingerprint density at radius 2 is 1.91 bits per heavy atom. The minimum absolute atomic E-state index is 0. The maximum atomic E-state index is 5.72. The van der Waals surface area contributed by atoms with Gasteiger partial charge in [0.05, 0.1) is 0 Å². The first kappa shape index (κ1) is 15.5. The third-order valence-corrected chi connectivity index (χ3v) is 4.22. The highest BCUT2D eigenvalue weighted by atomic mass is 35.5. The van der Waals surface area contributed by atoms with Gasteiger partial charge in [0, 0.05) is 28.9 Å². The molecule has 0 aliphatic rings. The Balaban J connectivity index is 0.00000156. The predicted molar refractivity (Wildman–Crippen MR) is 88.9 cm³/mol. The van der Waals surface area contributed by atoms with E-state index in [2.05, 4.69) is 32.8 Å². The number of fused-ring (bicyclic) bond motifs is 1. The van der Waals surface area contributed by atoms with Crippen LogP contribution >= 0.6 is 11.3 Å². The number of pyridine rings is 1. The van der Waals surface area contributed by atoms with Crippen LogP contribution in [0.5, 0.6) is 0 Å². The molecule has 4 aromatic rings. The number of nitrogens with zero attached hydrogens (tertiary/aromatic N) is 2. The topological polar surface area (TPSA) is 51.0 Å². The highest BCUT2D eigenvalue weighted by Crippen LogP contribution is 2.24. The molecule has 4 rings (SSSR count). The van der Waals surface area contributed by atoms with E-state index in [4.69, 9.17) is 4.42 Å². The van der Waals surface area contributed by atoms with Gasteiger partial charge in [-0.15, -0.1) is 11.3 Å². The average Bonchev–Trinajstić information content (AvgIpc) is 3.22. The molecule has 23 heavy (non-hydrogen) atoms. The predicted octanol–water partition coefficient (Wildman–Crippen LogP) is 1.57. The van der Waals surface area contributed by atoms with Crippen LogP contribution in [0.3, 0.4) is 0 Å². The molecule has 0 fully saturated rings. The number of oxazole rings is 1. The molecule has 0 radical (unpaired) electrons. The Morgan fingerprint density at radius 1 is 1.04 bits per heavy atom. The quantitative estimate of drug-likeness (QED) is 0.611. The van der Waals surface area contributed by atoms with Gasteiger partial charge < -0.3 is 22.1 Å². The molecule has 6 heteroatoms. The highest BCUT2D eigenvalue weighted by Gasteiger charge is 2.08. The summed E-state index contributed by atoms with van der Waals surface area (Å²) in [5, 5.41) is 5.48. The van der Waals surface area contributed by atoms with Crippen LogP contribution in [0.15, 0.2) is 64.5 Å².